The molecule has 0 aromatic rings. The van der Waals surface area contributed by atoms with E-state index in [9.17, 15) is 4.79 Å². The zero-order valence-electron chi connectivity index (χ0n) is 12.7. The Morgan fingerprint density at radius 3 is 2.42 bits per heavy atom. The Kier molecular flexibility index (Phi) is 9.83. The molecule has 0 fully saturated rings. The third-order valence-electron chi connectivity index (χ3n) is 3.49. The van der Waals surface area contributed by atoms with Gasteiger partial charge in [0.15, 0.2) is 0 Å². The molecular formula is C14H29NO4. The first-order valence-corrected chi connectivity index (χ1v) is 6.99. The van der Waals surface area contributed by atoms with Crippen LogP contribution in [0.1, 0.15) is 33.6 Å². The molecular weight excluding hydrogens is 246 g/mol. The third kappa shape index (κ3) is 5.89. The molecule has 0 amide bonds. The lowest BCUT2D eigenvalue weighted by molar-refractivity contribution is -0.158. The fourth-order valence-electron chi connectivity index (χ4n) is 2.06. The number of hydrogen-bond acceptors (Lipinski definition) is 5. The smallest absolute Gasteiger partial charge is 0.313 e. The van der Waals surface area contributed by atoms with Gasteiger partial charge in [-0.2, -0.15) is 0 Å². The van der Waals surface area contributed by atoms with Gasteiger partial charge in [-0.3, -0.25) is 4.79 Å². The molecule has 0 aliphatic rings. The van der Waals surface area contributed by atoms with Crippen LogP contribution in [-0.4, -0.2) is 46.1 Å². The molecule has 5 nitrogen and oxygen atoms in total. The van der Waals surface area contributed by atoms with Crippen molar-refractivity contribution in [3.63, 3.8) is 0 Å². The van der Waals surface area contributed by atoms with Crippen molar-refractivity contribution >= 4 is 5.97 Å². The Hall–Kier alpha value is -0.650. The summed E-state index contributed by atoms with van der Waals surface area (Å²) in [6, 6.07) is 0. The maximum atomic E-state index is 12.1. The second-order valence-corrected chi connectivity index (χ2v) is 4.94. The predicted molar refractivity (Wildman–Crippen MR) is 74.9 cm³/mol. The molecule has 0 rings (SSSR count). The first-order valence-electron chi connectivity index (χ1n) is 6.99. The number of ether oxygens (including phenoxy) is 3. The molecule has 0 radical (unpaired) electrons. The number of carbonyl (C=O) groups is 1. The van der Waals surface area contributed by atoms with Crippen LogP contribution in [0.4, 0.5) is 0 Å². The van der Waals surface area contributed by atoms with Crippen molar-refractivity contribution in [2.45, 2.75) is 33.6 Å². The largest absolute Gasteiger partial charge is 0.466 e. The molecule has 0 bridgehead atoms. The van der Waals surface area contributed by atoms with Crippen LogP contribution in [0.25, 0.3) is 0 Å². The highest BCUT2D eigenvalue weighted by Gasteiger charge is 2.41. The quantitative estimate of drug-likeness (QED) is 0.458. The first kappa shape index (κ1) is 18.4. The van der Waals surface area contributed by atoms with Crippen molar-refractivity contribution in [3.05, 3.63) is 0 Å². The van der Waals surface area contributed by atoms with Crippen molar-refractivity contribution in [2.24, 2.45) is 17.1 Å². The second-order valence-electron chi connectivity index (χ2n) is 4.94. The minimum Gasteiger partial charge on any atom is -0.466 e. The highest BCUT2D eigenvalue weighted by atomic mass is 16.5. The van der Waals surface area contributed by atoms with Gasteiger partial charge in [0.25, 0.3) is 0 Å². The molecule has 0 aromatic carbocycles. The highest BCUT2D eigenvalue weighted by molar-refractivity contribution is 5.77. The predicted octanol–water partition coefficient (Wildman–Crippen LogP) is 1.59. The lowest BCUT2D eigenvalue weighted by atomic mass is 9.73. The Morgan fingerprint density at radius 2 is 1.95 bits per heavy atom. The van der Waals surface area contributed by atoms with Crippen LogP contribution in [0.5, 0.6) is 0 Å². The van der Waals surface area contributed by atoms with Crippen molar-refractivity contribution < 1.29 is 19.0 Å². The Morgan fingerprint density at radius 1 is 1.26 bits per heavy atom. The van der Waals surface area contributed by atoms with Gasteiger partial charge in [-0.1, -0.05) is 13.8 Å². The minimum atomic E-state index is -0.597. The van der Waals surface area contributed by atoms with Crippen molar-refractivity contribution in [2.75, 3.05) is 40.1 Å². The van der Waals surface area contributed by atoms with E-state index in [0.717, 1.165) is 6.42 Å². The summed E-state index contributed by atoms with van der Waals surface area (Å²) in [5.74, 6) is -0.0417. The maximum absolute atomic E-state index is 12.1. The summed E-state index contributed by atoms with van der Waals surface area (Å²) in [6.07, 6.45) is 1.48. The summed E-state index contributed by atoms with van der Waals surface area (Å²) in [6.45, 7) is 8.30. The fourth-order valence-corrected chi connectivity index (χ4v) is 2.06. The molecule has 19 heavy (non-hydrogen) atoms. The molecule has 0 aliphatic heterocycles. The molecule has 0 heterocycles. The van der Waals surface area contributed by atoms with Crippen LogP contribution in [-0.2, 0) is 19.0 Å². The highest BCUT2D eigenvalue weighted by Crippen LogP contribution is 2.33. The van der Waals surface area contributed by atoms with E-state index in [-0.39, 0.29) is 11.9 Å². The fraction of sp³-hybridized carbons (Fsp3) is 0.929. The number of esters is 1. The van der Waals surface area contributed by atoms with Crippen LogP contribution in [0.2, 0.25) is 0 Å². The molecule has 1 unspecified atom stereocenters. The zero-order chi connectivity index (χ0) is 14.7. The molecule has 5 heteroatoms. The maximum Gasteiger partial charge on any atom is 0.313 e. The molecule has 0 spiro atoms. The summed E-state index contributed by atoms with van der Waals surface area (Å²) in [4.78, 5) is 12.1. The van der Waals surface area contributed by atoms with Gasteiger partial charge in [0.1, 0.15) is 0 Å². The van der Waals surface area contributed by atoms with E-state index < -0.39 is 5.41 Å². The second kappa shape index (κ2) is 10.2. The Bertz CT molecular complexity index is 246. The van der Waals surface area contributed by atoms with E-state index >= 15 is 0 Å². The van der Waals surface area contributed by atoms with E-state index in [1.54, 1.807) is 7.11 Å². The van der Waals surface area contributed by atoms with Gasteiger partial charge >= 0.3 is 5.97 Å². The molecule has 0 aliphatic carbocycles. The van der Waals surface area contributed by atoms with Gasteiger partial charge in [-0.25, -0.2) is 0 Å². The summed E-state index contributed by atoms with van der Waals surface area (Å²) in [5, 5.41) is 0. The summed E-state index contributed by atoms with van der Waals surface area (Å²) in [5.41, 5.74) is 5.24. The number of carbonyl (C=O) groups excluding carboxylic acids is 1. The van der Waals surface area contributed by atoms with Crippen molar-refractivity contribution in [1.29, 1.82) is 0 Å². The summed E-state index contributed by atoms with van der Waals surface area (Å²) < 4.78 is 15.5. The normalized spacial score (nSPS) is 14.4. The van der Waals surface area contributed by atoms with Gasteiger partial charge in [0.05, 0.1) is 25.2 Å². The van der Waals surface area contributed by atoms with E-state index in [1.165, 1.54) is 0 Å². The van der Waals surface area contributed by atoms with Crippen LogP contribution in [0.3, 0.4) is 0 Å². The molecule has 1 atom stereocenters. The number of nitrogens with two attached hydrogens (primary N) is 1. The van der Waals surface area contributed by atoms with Crippen molar-refractivity contribution in [3.8, 4) is 0 Å². The summed E-state index contributed by atoms with van der Waals surface area (Å²) >= 11 is 0. The average Bonchev–Trinajstić information content (AvgIpc) is 2.38. The topological polar surface area (TPSA) is 70.8 Å². The van der Waals surface area contributed by atoms with E-state index in [1.807, 2.05) is 20.8 Å². The van der Waals surface area contributed by atoms with Gasteiger partial charge in [-0.15, -0.1) is 0 Å². The Balaban J connectivity index is 4.31. The lowest BCUT2D eigenvalue weighted by Gasteiger charge is -2.34. The SMILES string of the molecule is CCOC(=O)C(CN)(CCCOCCOC)C(C)C. The monoisotopic (exact) mass is 275 g/mol. The Labute approximate surface area is 116 Å². The number of methoxy groups -OCH3 is 1. The van der Waals surface area contributed by atoms with Crippen LogP contribution < -0.4 is 5.73 Å². The first-order chi connectivity index (χ1) is 9.05. The van der Waals surface area contributed by atoms with Crippen molar-refractivity contribution in [1.82, 2.24) is 0 Å². The van der Waals surface area contributed by atoms with Gasteiger partial charge < -0.3 is 19.9 Å². The molecule has 0 saturated carbocycles. The van der Waals surface area contributed by atoms with Gasteiger partial charge in [-0.05, 0) is 25.7 Å². The number of hydrogen-bond donors (Lipinski definition) is 1. The van der Waals surface area contributed by atoms with Crippen LogP contribution >= 0.6 is 0 Å². The average molecular weight is 275 g/mol. The van der Waals surface area contributed by atoms with Crippen LogP contribution in [0.15, 0.2) is 0 Å². The molecule has 0 saturated heterocycles. The molecule has 0 aromatic heterocycles. The van der Waals surface area contributed by atoms with E-state index in [0.29, 0.717) is 39.4 Å². The van der Waals surface area contributed by atoms with Gasteiger partial charge in [0.2, 0.25) is 0 Å². The van der Waals surface area contributed by atoms with E-state index in [2.05, 4.69) is 0 Å². The molecule has 2 N–H and O–H groups in total. The number of rotatable bonds is 11. The standard InChI is InChI=1S/C14H29NO4/c1-5-19-13(16)14(11-15,12(2)3)7-6-8-18-10-9-17-4/h12H,5-11,15H2,1-4H3. The van der Waals surface area contributed by atoms with Gasteiger partial charge in [0, 0.05) is 20.3 Å². The van der Waals surface area contributed by atoms with E-state index in [4.69, 9.17) is 19.9 Å². The summed E-state index contributed by atoms with van der Waals surface area (Å²) in [7, 11) is 1.64. The van der Waals surface area contributed by atoms with Crippen LogP contribution in [0, 0.1) is 11.3 Å². The molecule has 114 valence electrons. The minimum absolute atomic E-state index is 0.149. The lowest BCUT2D eigenvalue weighted by Crippen LogP contribution is -2.44. The zero-order valence-corrected chi connectivity index (χ0v) is 12.7. The third-order valence-corrected chi connectivity index (χ3v) is 3.49.